The molecule has 5 rings (SSSR count). The lowest BCUT2D eigenvalue weighted by Crippen LogP contribution is -2.38. The van der Waals surface area contributed by atoms with Crippen molar-refractivity contribution in [1.29, 1.82) is 0 Å². The Kier molecular flexibility index (Phi) is 6.17. The SMILES string of the molecule is C(#CC1CCC([P+](c2ccccc2)(c2ccccc2)c2ccccc2)O1)c1ccccc1. The van der Waals surface area contributed by atoms with Gasteiger partial charge in [-0.1, -0.05) is 84.6 Å². The molecule has 0 saturated carbocycles. The third-order valence-corrected chi connectivity index (χ3v) is 10.7. The van der Waals surface area contributed by atoms with Crippen molar-refractivity contribution in [3.05, 3.63) is 127 Å². The third kappa shape index (κ3) is 4.01. The van der Waals surface area contributed by atoms with Crippen LogP contribution in [0.25, 0.3) is 0 Å². The van der Waals surface area contributed by atoms with Crippen LogP contribution >= 0.6 is 7.26 Å². The zero-order valence-corrected chi connectivity index (χ0v) is 18.9. The summed E-state index contributed by atoms with van der Waals surface area (Å²) in [5.41, 5.74) is 1.04. The molecule has 1 aliphatic rings. The average molecular weight is 434 g/mol. The summed E-state index contributed by atoms with van der Waals surface area (Å²) in [6.45, 7) is 0. The van der Waals surface area contributed by atoms with Gasteiger partial charge in [0.2, 0.25) is 0 Å². The van der Waals surface area contributed by atoms with E-state index in [4.69, 9.17) is 4.74 Å². The van der Waals surface area contributed by atoms with E-state index < -0.39 is 7.26 Å². The van der Waals surface area contributed by atoms with Crippen molar-refractivity contribution in [2.45, 2.75) is 24.8 Å². The van der Waals surface area contributed by atoms with Gasteiger partial charge in [-0.15, -0.1) is 0 Å². The molecule has 156 valence electrons. The van der Waals surface area contributed by atoms with Crippen LogP contribution in [0, 0.1) is 11.8 Å². The summed E-state index contributed by atoms with van der Waals surface area (Å²) in [4.78, 5) is 0. The molecule has 0 amide bonds. The van der Waals surface area contributed by atoms with Gasteiger partial charge in [0.05, 0.1) is 0 Å². The third-order valence-electron chi connectivity index (χ3n) is 6.07. The van der Waals surface area contributed by atoms with E-state index in [9.17, 15) is 0 Å². The smallest absolute Gasteiger partial charge is 0.183 e. The Morgan fingerprint density at radius 3 is 1.47 bits per heavy atom. The van der Waals surface area contributed by atoms with Crippen LogP contribution in [0.2, 0.25) is 0 Å². The van der Waals surface area contributed by atoms with E-state index in [1.807, 2.05) is 18.2 Å². The fourth-order valence-electron chi connectivity index (χ4n) is 4.63. The molecule has 1 nitrogen and oxygen atoms in total. The van der Waals surface area contributed by atoms with E-state index >= 15 is 0 Å². The van der Waals surface area contributed by atoms with Crippen LogP contribution in [-0.2, 0) is 4.74 Å². The monoisotopic (exact) mass is 433 g/mol. The largest absolute Gasteiger partial charge is 0.327 e. The van der Waals surface area contributed by atoms with E-state index in [-0.39, 0.29) is 11.9 Å². The summed E-state index contributed by atoms with van der Waals surface area (Å²) in [6, 6.07) is 43.0. The van der Waals surface area contributed by atoms with E-state index in [1.54, 1.807) is 0 Å². The molecular formula is C30H26OP+. The van der Waals surface area contributed by atoms with Gasteiger partial charge in [-0.2, -0.15) is 0 Å². The maximum atomic E-state index is 6.79. The molecular weight excluding hydrogens is 407 g/mol. The second-order valence-corrected chi connectivity index (χ2v) is 11.6. The normalized spacial score (nSPS) is 18.0. The van der Waals surface area contributed by atoms with Gasteiger partial charge in [0.25, 0.3) is 0 Å². The molecule has 4 aromatic rings. The Bertz CT molecular complexity index is 1100. The van der Waals surface area contributed by atoms with Gasteiger partial charge >= 0.3 is 0 Å². The van der Waals surface area contributed by atoms with E-state index in [0.29, 0.717) is 0 Å². The highest BCUT2D eigenvalue weighted by Gasteiger charge is 2.55. The molecule has 0 N–H and O–H groups in total. The molecule has 1 saturated heterocycles. The first-order chi connectivity index (χ1) is 15.9. The van der Waals surface area contributed by atoms with Crippen molar-refractivity contribution in [2.24, 2.45) is 0 Å². The summed E-state index contributed by atoms with van der Waals surface area (Å²) < 4.78 is 6.79. The zero-order chi connectivity index (χ0) is 21.6. The highest BCUT2D eigenvalue weighted by atomic mass is 31.2. The fraction of sp³-hybridized carbons (Fsp3) is 0.133. The molecule has 4 aromatic carbocycles. The molecule has 0 radical (unpaired) electrons. The minimum atomic E-state index is -2.02. The number of hydrogen-bond donors (Lipinski definition) is 0. The predicted molar refractivity (Wildman–Crippen MR) is 136 cm³/mol. The first-order valence-corrected chi connectivity index (χ1v) is 13.0. The molecule has 0 aromatic heterocycles. The van der Waals surface area contributed by atoms with Crippen LogP contribution in [0.3, 0.4) is 0 Å². The molecule has 1 heterocycles. The lowest BCUT2D eigenvalue weighted by Gasteiger charge is -2.32. The van der Waals surface area contributed by atoms with Crippen LogP contribution in [0.15, 0.2) is 121 Å². The maximum Gasteiger partial charge on any atom is 0.183 e. The lowest BCUT2D eigenvalue weighted by molar-refractivity contribution is 0.127. The maximum absolute atomic E-state index is 6.79. The Hall–Kier alpha value is -3.17. The standard InChI is InChI=1S/C30H26OP/c1-5-13-25(14-6-1)21-22-26-23-24-30(31-26)32(27-15-7-2-8-16-27,28-17-9-3-10-18-28)29-19-11-4-12-20-29/h1-20,26,30H,23-24H2/q+1. The van der Waals surface area contributed by atoms with Crippen molar-refractivity contribution in [2.75, 3.05) is 0 Å². The molecule has 2 heteroatoms. The van der Waals surface area contributed by atoms with Gasteiger partial charge in [0, 0.05) is 12.0 Å². The number of hydrogen-bond acceptors (Lipinski definition) is 1. The van der Waals surface area contributed by atoms with Crippen molar-refractivity contribution in [3.63, 3.8) is 0 Å². The molecule has 2 unspecified atom stereocenters. The predicted octanol–water partition coefficient (Wildman–Crippen LogP) is 5.54. The summed E-state index contributed by atoms with van der Waals surface area (Å²) in [6.07, 6.45) is 1.91. The van der Waals surface area contributed by atoms with Crippen LogP contribution in [0.5, 0.6) is 0 Å². The Labute approximate surface area is 191 Å². The van der Waals surface area contributed by atoms with Gasteiger partial charge in [0.1, 0.15) is 29.3 Å². The second-order valence-electron chi connectivity index (χ2n) is 8.02. The van der Waals surface area contributed by atoms with Crippen LogP contribution in [0.1, 0.15) is 18.4 Å². The summed E-state index contributed by atoms with van der Waals surface area (Å²) in [5.74, 6) is 6.82. The van der Waals surface area contributed by atoms with Crippen molar-refractivity contribution >= 4 is 23.2 Å². The Morgan fingerprint density at radius 2 is 1.00 bits per heavy atom. The molecule has 0 bridgehead atoms. The first kappa shape index (κ1) is 20.7. The Balaban J connectivity index is 1.60. The molecule has 1 fully saturated rings. The van der Waals surface area contributed by atoms with Crippen molar-refractivity contribution < 1.29 is 4.74 Å². The molecule has 1 aliphatic heterocycles. The topological polar surface area (TPSA) is 9.23 Å². The summed E-state index contributed by atoms with van der Waals surface area (Å²) >= 11 is 0. The van der Waals surface area contributed by atoms with E-state index in [2.05, 4.69) is 115 Å². The number of benzene rings is 4. The zero-order valence-electron chi connectivity index (χ0n) is 18.0. The van der Waals surface area contributed by atoms with Gasteiger partial charge in [0.15, 0.2) is 5.85 Å². The number of ether oxygens (including phenoxy) is 1. The van der Waals surface area contributed by atoms with Crippen molar-refractivity contribution in [3.8, 4) is 11.8 Å². The lowest BCUT2D eigenvalue weighted by atomic mass is 10.2. The van der Waals surface area contributed by atoms with Gasteiger partial charge < -0.3 is 4.74 Å². The molecule has 32 heavy (non-hydrogen) atoms. The van der Waals surface area contributed by atoms with Crippen LogP contribution in [-0.4, -0.2) is 11.9 Å². The summed E-state index contributed by atoms with van der Waals surface area (Å²) in [7, 11) is -2.02. The Morgan fingerprint density at radius 1 is 0.562 bits per heavy atom. The molecule has 2 atom stereocenters. The highest BCUT2D eigenvalue weighted by Crippen LogP contribution is 2.63. The number of rotatable bonds is 4. The first-order valence-electron chi connectivity index (χ1n) is 11.1. The van der Waals surface area contributed by atoms with E-state index in [0.717, 1.165) is 18.4 Å². The van der Waals surface area contributed by atoms with Gasteiger partial charge in [-0.3, -0.25) is 0 Å². The quantitative estimate of drug-likeness (QED) is 0.303. The minimum absolute atomic E-state index is 0.0456. The molecule has 0 spiro atoms. The van der Waals surface area contributed by atoms with Crippen LogP contribution in [0.4, 0.5) is 0 Å². The fourth-order valence-corrected chi connectivity index (χ4v) is 9.32. The minimum Gasteiger partial charge on any atom is -0.327 e. The second kappa shape index (κ2) is 9.54. The van der Waals surface area contributed by atoms with Crippen LogP contribution < -0.4 is 15.9 Å². The summed E-state index contributed by atoms with van der Waals surface area (Å²) in [5, 5.41) is 4.08. The van der Waals surface area contributed by atoms with Gasteiger partial charge in [-0.05, 0) is 55.0 Å². The highest BCUT2D eigenvalue weighted by molar-refractivity contribution is 7.96. The molecule has 0 aliphatic carbocycles. The van der Waals surface area contributed by atoms with Crippen molar-refractivity contribution in [1.82, 2.24) is 0 Å². The average Bonchev–Trinajstić information content (AvgIpc) is 3.35. The van der Waals surface area contributed by atoms with E-state index in [1.165, 1.54) is 15.9 Å². The van der Waals surface area contributed by atoms with Gasteiger partial charge in [-0.25, -0.2) is 0 Å².